The van der Waals surface area contributed by atoms with Crippen molar-refractivity contribution < 1.29 is 19.5 Å². The van der Waals surface area contributed by atoms with Crippen molar-refractivity contribution in [1.29, 1.82) is 0 Å². The molecule has 3 N–H and O–H groups in total. The number of anilines is 1. The van der Waals surface area contributed by atoms with Crippen LogP contribution in [0.4, 0.5) is 9.80 Å². The van der Waals surface area contributed by atoms with Crippen LogP contribution in [-0.2, 0) is 4.84 Å². The van der Waals surface area contributed by atoms with Gasteiger partial charge in [-0.15, -0.1) is 11.3 Å². The van der Waals surface area contributed by atoms with Crippen molar-refractivity contribution in [3.05, 3.63) is 16.0 Å². The summed E-state index contributed by atoms with van der Waals surface area (Å²) in [6, 6.07) is -0.587. The molecule has 0 aromatic carbocycles. The van der Waals surface area contributed by atoms with Gasteiger partial charge in [0.2, 0.25) is 0 Å². The number of rotatable bonds is 4. The minimum Gasteiger partial charge on any atom is -0.478 e. The zero-order valence-corrected chi connectivity index (χ0v) is 10.6. The maximum atomic E-state index is 11.3. The fraction of sp³-hybridized carbons (Fsp3) is 0.400. The lowest BCUT2D eigenvalue weighted by Crippen LogP contribution is -2.29. The van der Waals surface area contributed by atoms with E-state index in [1.54, 1.807) is 20.8 Å². The molecular formula is C10H14N2O4S. The second-order valence-corrected chi connectivity index (χ2v) is 4.51. The number of aromatic carboxylic acids is 1. The van der Waals surface area contributed by atoms with Gasteiger partial charge in [-0.3, -0.25) is 10.2 Å². The number of amides is 2. The van der Waals surface area contributed by atoms with Gasteiger partial charge < -0.3 is 5.11 Å². The summed E-state index contributed by atoms with van der Waals surface area (Å²) in [5.74, 6) is -1.06. The molecule has 0 saturated carbocycles. The van der Waals surface area contributed by atoms with E-state index in [0.29, 0.717) is 17.2 Å². The highest BCUT2D eigenvalue weighted by Gasteiger charge is 2.20. The van der Waals surface area contributed by atoms with E-state index in [-0.39, 0.29) is 5.56 Å². The van der Waals surface area contributed by atoms with Gasteiger partial charge in [-0.1, -0.05) is 0 Å². The number of urea groups is 1. The first-order valence-electron chi connectivity index (χ1n) is 4.99. The van der Waals surface area contributed by atoms with Crippen LogP contribution in [0.1, 0.15) is 27.7 Å². The molecule has 7 heteroatoms. The molecule has 1 aromatic heterocycles. The van der Waals surface area contributed by atoms with Crippen LogP contribution in [0.2, 0.25) is 0 Å². The third-order valence-corrected chi connectivity index (χ3v) is 3.26. The third-order valence-electron chi connectivity index (χ3n) is 2.14. The third kappa shape index (κ3) is 3.18. The predicted octanol–water partition coefficient (Wildman–Crippen LogP) is 2.14. The number of hydrogen-bond acceptors (Lipinski definition) is 4. The quantitative estimate of drug-likeness (QED) is 0.722. The fourth-order valence-electron chi connectivity index (χ4n) is 1.24. The average molecular weight is 258 g/mol. The normalized spacial score (nSPS) is 10.1. The molecule has 94 valence electrons. The van der Waals surface area contributed by atoms with Gasteiger partial charge in [0, 0.05) is 4.88 Å². The Morgan fingerprint density at radius 3 is 2.59 bits per heavy atom. The van der Waals surface area contributed by atoms with E-state index in [9.17, 15) is 9.59 Å². The molecule has 0 bridgehead atoms. The molecule has 0 spiro atoms. The zero-order valence-electron chi connectivity index (χ0n) is 9.79. The SMILES string of the molecule is CCONC(=O)Nc1sc(C)c(C)c1C(=O)O. The summed E-state index contributed by atoms with van der Waals surface area (Å²) in [6.07, 6.45) is 0. The first kappa shape index (κ1) is 13.5. The van der Waals surface area contributed by atoms with Crippen LogP contribution < -0.4 is 10.8 Å². The monoisotopic (exact) mass is 258 g/mol. The molecule has 6 nitrogen and oxygen atoms in total. The minimum atomic E-state index is -1.06. The molecule has 0 aliphatic carbocycles. The Hall–Kier alpha value is -1.60. The van der Waals surface area contributed by atoms with Crippen molar-refractivity contribution in [2.75, 3.05) is 11.9 Å². The smallest absolute Gasteiger partial charge is 0.343 e. The van der Waals surface area contributed by atoms with E-state index in [1.807, 2.05) is 0 Å². The van der Waals surface area contributed by atoms with E-state index in [2.05, 4.69) is 10.8 Å². The molecule has 0 radical (unpaired) electrons. The van der Waals surface area contributed by atoms with E-state index in [1.165, 1.54) is 11.3 Å². The largest absolute Gasteiger partial charge is 0.478 e. The summed E-state index contributed by atoms with van der Waals surface area (Å²) >= 11 is 1.22. The van der Waals surface area contributed by atoms with Gasteiger partial charge in [-0.25, -0.2) is 15.1 Å². The number of carbonyl (C=O) groups is 2. The predicted molar refractivity (Wildman–Crippen MR) is 64.5 cm³/mol. The van der Waals surface area contributed by atoms with Crippen LogP contribution in [0.5, 0.6) is 0 Å². The Morgan fingerprint density at radius 1 is 1.41 bits per heavy atom. The molecule has 0 aliphatic rings. The number of carboxylic acid groups (broad SMARTS) is 1. The summed E-state index contributed by atoms with van der Waals surface area (Å²) in [5.41, 5.74) is 2.92. The number of hydroxylamine groups is 1. The highest BCUT2D eigenvalue weighted by Crippen LogP contribution is 2.32. The van der Waals surface area contributed by atoms with Crippen LogP contribution in [0.25, 0.3) is 0 Å². The standard InChI is InChI=1S/C10H14N2O4S/c1-4-16-12-10(15)11-8-7(9(13)14)5(2)6(3)17-8/h4H2,1-3H3,(H,13,14)(H2,11,12,15). The van der Waals surface area contributed by atoms with Gasteiger partial charge in [0.05, 0.1) is 12.2 Å². The maximum Gasteiger partial charge on any atom is 0.343 e. The Bertz CT molecular complexity index is 442. The number of hydrogen-bond donors (Lipinski definition) is 3. The van der Waals surface area contributed by atoms with Crippen LogP contribution in [0.3, 0.4) is 0 Å². The fourth-order valence-corrected chi connectivity index (χ4v) is 2.29. The Balaban J connectivity index is 2.87. The average Bonchev–Trinajstić information content (AvgIpc) is 2.51. The van der Waals surface area contributed by atoms with Gasteiger partial charge in [-0.2, -0.15) is 0 Å². The summed E-state index contributed by atoms with van der Waals surface area (Å²) in [7, 11) is 0. The summed E-state index contributed by atoms with van der Waals surface area (Å²) in [5, 5.41) is 11.8. The van der Waals surface area contributed by atoms with E-state index in [4.69, 9.17) is 9.94 Å². The molecule has 17 heavy (non-hydrogen) atoms. The summed E-state index contributed by atoms with van der Waals surface area (Å²) < 4.78 is 0. The first-order chi connectivity index (χ1) is 7.97. The molecular weight excluding hydrogens is 244 g/mol. The number of thiophene rings is 1. The molecule has 0 saturated heterocycles. The number of carboxylic acids is 1. The van der Waals surface area contributed by atoms with Crippen molar-refractivity contribution in [2.24, 2.45) is 0 Å². The van der Waals surface area contributed by atoms with Crippen LogP contribution in [0.15, 0.2) is 0 Å². The van der Waals surface area contributed by atoms with Gasteiger partial charge >= 0.3 is 12.0 Å². The summed E-state index contributed by atoms with van der Waals surface area (Å²) in [6.45, 7) is 5.57. The van der Waals surface area contributed by atoms with Crippen LogP contribution in [-0.4, -0.2) is 23.7 Å². The number of nitrogens with one attached hydrogen (secondary N) is 2. The van der Waals surface area contributed by atoms with Gasteiger partial charge in [0.25, 0.3) is 0 Å². The van der Waals surface area contributed by atoms with Gasteiger partial charge in [0.15, 0.2) is 0 Å². The van der Waals surface area contributed by atoms with E-state index >= 15 is 0 Å². The number of carbonyl (C=O) groups excluding carboxylic acids is 1. The topological polar surface area (TPSA) is 87.7 Å². The molecule has 0 aliphatic heterocycles. The molecule has 1 aromatic rings. The Morgan fingerprint density at radius 2 is 2.06 bits per heavy atom. The van der Waals surface area contributed by atoms with E-state index < -0.39 is 12.0 Å². The lowest BCUT2D eigenvalue weighted by molar-refractivity contribution is 0.0697. The Kier molecular flexibility index (Phi) is 4.47. The second kappa shape index (κ2) is 5.65. The van der Waals surface area contributed by atoms with Crippen molar-refractivity contribution >= 4 is 28.3 Å². The highest BCUT2D eigenvalue weighted by molar-refractivity contribution is 7.16. The summed E-state index contributed by atoms with van der Waals surface area (Å²) in [4.78, 5) is 27.9. The minimum absolute atomic E-state index is 0.124. The maximum absolute atomic E-state index is 11.3. The van der Waals surface area contributed by atoms with Crippen molar-refractivity contribution in [3.8, 4) is 0 Å². The molecule has 1 heterocycles. The van der Waals surface area contributed by atoms with Crippen molar-refractivity contribution in [3.63, 3.8) is 0 Å². The zero-order chi connectivity index (χ0) is 13.0. The van der Waals surface area contributed by atoms with Gasteiger partial charge in [-0.05, 0) is 26.3 Å². The van der Waals surface area contributed by atoms with Crippen molar-refractivity contribution in [2.45, 2.75) is 20.8 Å². The molecule has 0 unspecified atom stereocenters. The van der Waals surface area contributed by atoms with Crippen molar-refractivity contribution in [1.82, 2.24) is 5.48 Å². The van der Waals surface area contributed by atoms with Crippen LogP contribution in [0, 0.1) is 13.8 Å². The van der Waals surface area contributed by atoms with Crippen LogP contribution >= 0.6 is 11.3 Å². The molecule has 1 rings (SSSR count). The number of aryl methyl sites for hydroxylation is 1. The molecule has 0 fully saturated rings. The molecule has 2 amide bonds. The first-order valence-corrected chi connectivity index (χ1v) is 5.81. The lowest BCUT2D eigenvalue weighted by Gasteiger charge is -2.05. The highest BCUT2D eigenvalue weighted by atomic mass is 32.1. The van der Waals surface area contributed by atoms with Gasteiger partial charge in [0.1, 0.15) is 5.00 Å². The lowest BCUT2D eigenvalue weighted by atomic mass is 10.1. The molecule has 0 atom stereocenters. The Labute approximate surface area is 103 Å². The van der Waals surface area contributed by atoms with E-state index in [0.717, 1.165) is 4.88 Å². The second-order valence-electron chi connectivity index (χ2n) is 3.28.